The van der Waals surface area contributed by atoms with E-state index in [2.05, 4.69) is 18.7 Å². The second-order valence-electron chi connectivity index (χ2n) is 4.50. The van der Waals surface area contributed by atoms with E-state index in [1.165, 1.54) is 0 Å². The van der Waals surface area contributed by atoms with Crippen LogP contribution in [0.15, 0.2) is 0 Å². The van der Waals surface area contributed by atoms with E-state index in [4.69, 9.17) is 9.84 Å². The summed E-state index contributed by atoms with van der Waals surface area (Å²) >= 11 is 0. The van der Waals surface area contributed by atoms with Gasteiger partial charge < -0.3 is 9.84 Å². The topological polar surface area (TPSA) is 49.8 Å². The number of ether oxygens (including phenoxy) is 1. The van der Waals surface area contributed by atoms with Crippen LogP contribution in [0.2, 0.25) is 0 Å². The van der Waals surface area contributed by atoms with E-state index < -0.39 is 11.6 Å². The third-order valence-corrected chi connectivity index (χ3v) is 3.00. The van der Waals surface area contributed by atoms with Gasteiger partial charge in [0.1, 0.15) is 0 Å². The standard InChI is InChI=1S/C11H21NO3/c1-4-15-11(7-10(13)14)5-6-12(8-11)9(2)3/h9H,4-8H2,1-3H3,(H,13,14). The van der Waals surface area contributed by atoms with E-state index in [0.717, 1.165) is 19.5 Å². The second-order valence-corrected chi connectivity index (χ2v) is 4.50. The quantitative estimate of drug-likeness (QED) is 0.752. The fraction of sp³-hybridized carbons (Fsp3) is 0.909. The van der Waals surface area contributed by atoms with Gasteiger partial charge in [-0.25, -0.2) is 0 Å². The number of carbonyl (C=O) groups is 1. The predicted molar refractivity (Wildman–Crippen MR) is 57.9 cm³/mol. The molecule has 1 fully saturated rings. The van der Waals surface area contributed by atoms with Crippen LogP contribution < -0.4 is 0 Å². The lowest BCUT2D eigenvalue weighted by atomic mass is 9.98. The van der Waals surface area contributed by atoms with Crippen molar-refractivity contribution < 1.29 is 14.6 Å². The molecule has 0 spiro atoms. The Morgan fingerprint density at radius 2 is 2.27 bits per heavy atom. The van der Waals surface area contributed by atoms with Crippen molar-refractivity contribution in [1.29, 1.82) is 0 Å². The highest BCUT2D eigenvalue weighted by molar-refractivity contribution is 5.68. The summed E-state index contributed by atoms with van der Waals surface area (Å²) in [7, 11) is 0. The van der Waals surface area contributed by atoms with E-state index in [9.17, 15) is 4.79 Å². The average Bonchev–Trinajstić information content (AvgIpc) is 2.48. The van der Waals surface area contributed by atoms with Gasteiger partial charge in [-0.3, -0.25) is 9.69 Å². The molecule has 1 unspecified atom stereocenters. The molecule has 1 saturated heterocycles. The Kier molecular flexibility index (Phi) is 4.11. The summed E-state index contributed by atoms with van der Waals surface area (Å²) in [5, 5.41) is 8.89. The lowest BCUT2D eigenvalue weighted by molar-refractivity contribution is -0.144. The molecule has 1 atom stereocenters. The molecule has 1 aliphatic rings. The largest absolute Gasteiger partial charge is 0.481 e. The first kappa shape index (κ1) is 12.5. The minimum absolute atomic E-state index is 0.115. The van der Waals surface area contributed by atoms with E-state index in [1.807, 2.05) is 6.92 Å². The van der Waals surface area contributed by atoms with Crippen LogP contribution in [-0.4, -0.2) is 47.3 Å². The van der Waals surface area contributed by atoms with Crippen LogP contribution in [0.25, 0.3) is 0 Å². The monoisotopic (exact) mass is 215 g/mol. The summed E-state index contributed by atoms with van der Waals surface area (Å²) in [5.74, 6) is -0.769. The molecule has 1 heterocycles. The van der Waals surface area contributed by atoms with Crippen LogP contribution in [0.3, 0.4) is 0 Å². The van der Waals surface area contributed by atoms with Gasteiger partial charge in [-0.1, -0.05) is 0 Å². The summed E-state index contributed by atoms with van der Waals surface area (Å²) in [6.45, 7) is 8.43. The summed E-state index contributed by atoms with van der Waals surface area (Å²) in [5.41, 5.74) is -0.454. The van der Waals surface area contributed by atoms with Crippen LogP contribution in [-0.2, 0) is 9.53 Å². The molecule has 1 rings (SSSR count). The normalized spacial score (nSPS) is 27.5. The first-order chi connectivity index (χ1) is 6.99. The zero-order valence-corrected chi connectivity index (χ0v) is 9.82. The lowest BCUT2D eigenvalue weighted by Gasteiger charge is -2.29. The summed E-state index contributed by atoms with van der Waals surface area (Å²) in [6.07, 6.45) is 0.940. The smallest absolute Gasteiger partial charge is 0.306 e. The number of rotatable bonds is 5. The van der Waals surface area contributed by atoms with Crippen LogP contribution in [0, 0.1) is 0 Å². The first-order valence-electron chi connectivity index (χ1n) is 5.59. The minimum atomic E-state index is -0.769. The first-order valence-corrected chi connectivity index (χ1v) is 5.59. The van der Waals surface area contributed by atoms with Crippen molar-refractivity contribution in [1.82, 2.24) is 4.90 Å². The fourth-order valence-corrected chi connectivity index (χ4v) is 2.21. The molecule has 0 saturated carbocycles. The van der Waals surface area contributed by atoms with Crippen molar-refractivity contribution in [3.05, 3.63) is 0 Å². The maximum atomic E-state index is 10.8. The molecule has 1 aliphatic heterocycles. The Balaban J connectivity index is 2.64. The van der Waals surface area contributed by atoms with E-state index >= 15 is 0 Å². The lowest BCUT2D eigenvalue weighted by Crippen LogP contribution is -2.40. The Morgan fingerprint density at radius 1 is 1.60 bits per heavy atom. The van der Waals surface area contributed by atoms with Gasteiger partial charge in [-0.05, 0) is 27.2 Å². The fourth-order valence-electron chi connectivity index (χ4n) is 2.21. The summed E-state index contributed by atoms with van der Waals surface area (Å²) in [6, 6.07) is 0.459. The Bertz CT molecular complexity index is 230. The summed E-state index contributed by atoms with van der Waals surface area (Å²) < 4.78 is 5.66. The van der Waals surface area contributed by atoms with Gasteiger partial charge >= 0.3 is 5.97 Å². The van der Waals surface area contributed by atoms with Crippen LogP contribution in [0.4, 0.5) is 0 Å². The number of carboxylic acid groups (broad SMARTS) is 1. The third kappa shape index (κ3) is 3.18. The third-order valence-electron chi connectivity index (χ3n) is 3.00. The van der Waals surface area contributed by atoms with E-state index in [-0.39, 0.29) is 6.42 Å². The highest BCUT2D eigenvalue weighted by Gasteiger charge is 2.41. The molecule has 0 aromatic carbocycles. The number of hydrogen-bond donors (Lipinski definition) is 1. The van der Waals surface area contributed by atoms with Gasteiger partial charge in [0.2, 0.25) is 0 Å². The molecule has 0 bridgehead atoms. The minimum Gasteiger partial charge on any atom is -0.481 e. The van der Waals surface area contributed by atoms with Gasteiger partial charge in [0.05, 0.1) is 12.0 Å². The van der Waals surface area contributed by atoms with Crippen LogP contribution >= 0.6 is 0 Å². The Morgan fingerprint density at radius 3 is 2.67 bits per heavy atom. The van der Waals surface area contributed by atoms with Crippen molar-refractivity contribution in [3.63, 3.8) is 0 Å². The second kappa shape index (κ2) is 4.94. The van der Waals surface area contributed by atoms with Gasteiger partial charge in [0, 0.05) is 25.7 Å². The van der Waals surface area contributed by atoms with Gasteiger partial charge in [-0.15, -0.1) is 0 Å². The van der Waals surface area contributed by atoms with Gasteiger partial charge in [-0.2, -0.15) is 0 Å². The molecular formula is C11H21NO3. The number of hydrogen-bond acceptors (Lipinski definition) is 3. The highest BCUT2D eigenvalue weighted by Crippen LogP contribution is 2.30. The highest BCUT2D eigenvalue weighted by atomic mass is 16.5. The molecule has 0 radical (unpaired) electrons. The number of aliphatic carboxylic acids is 1. The molecule has 0 amide bonds. The van der Waals surface area contributed by atoms with Crippen molar-refractivity contribution in [2.45, 2.75) is 45.3 Å². The van der Waals surface area contributed by atoms with E-state index in [0.29, 0.717) is 12.6 Å². The molecule has 0 aromatic heterocycles. The summed E-state index contributed by atoms with van der Waals surface area (Å²) in [4.78, 5) is 13.1. The predicted octanol–water partition coefficient (Wildman–Crippen LogP) is 1.35. The average molecular weight is 215 g/mol. The number of likely N-dealkylation sites (tertiary alicyclic amines) is 1. The molecule has 0 aliphatic carbocycles. The van der Waals surface area contributed by atoms with Gasteiger partial charge in [0.15, 0.2) is 0 Å². The molecule has 1 N–H and O–H groups in total. The van der Waals surface area contributed by atoms with E-state index in [1.54, 1.807) is 0 Å². The van der Waals surface area contributed by atoms with Crippen molar-refractivity contribution in [3.8, 4) is 0 Å². The number of carboxylic acids is 1. The van der Waals surface area contributed by atoms with Crippen molar-refractivity contribution >= 4 is 5.97 Å². The zero-order chi connectivity index (χ0) is 11.5. The Hall–Kier alpha value is -0.610. The molecule has 4 nitrogen and oxygen atoms in total. The van der Waals surface area contributed by atoms with Gasteiger partial charge in [0.25, 0.3) is 0 Å². The van der Waals surface area contributed by atoms with Crippen molar-refractivity contribution in [2.24, 2.45) is 0 Å². The van der Waals surface area contributed by atoms with Crippen LogP contribution in [0.1, 0.15) is 33.6 Å². The Labute approximate surface area is 91.2 Å². The molecule has 15 heavy (non-hydrogen) atoms. The molecule has 0 aromatic rings. The molecular weight excluding hydrogens is 194 g/mol. The molecule has 88 valence electrons. The van der Waals surface area contributed by atoms with Crippen LogP contribution in [0.5, 0.6) is 0 Å². The SMILES string of the molecule is CCOC1(CC(=O)O)CCN(C(C)C)C1. The maximum Gasteiger partial charge on any atom is 0.306 e. The maximum absolute atomic E-state index is 10.8. The zero-order valence-electron chi connectivity index (χ0n) is 9.82. The molecule has 4 heteroatoms. The van der Waals surface area contributed by atoms with Crippen molar-refractivity contribution in [2.75, 3.05) is 19.7 Å². The number of nitrogens with zero attached hydrogens (tertiary/aromatic N) is 1.